The normalized spacial score (nSPS) is 20.4. The second-order valence-electron chi connectivity index (χ2n) is 3.85. The minimum absolute atomic E-state index is 0.0368. The number of fused-ring (bicyclic) bond motifs is 1. The lowest BCUT2D eigenvalue weighted by atomic mass is 10.1. The summed E-state index contributed by atoms with van der Waals surface area (Å²) in [6, 6.07) is 1.01. The second kappa shape index (κ2) is 3.97. The van der Waals surface area contributed by atoms with Crippen LogP contribution < -0.4 is 5.32 Å². The summed E-state index contributed by atoms with van der Waals surface area (Å²) in [5.74, 6) is 0.514. The number of anilines is 1. The first-order chi connectivity index (χ1) is 7.50. The van der Waals surface area contributed by atoms with E-state index in [0.717, 1.165) is 6.07 Å². The molecule has 2 N–H and O–H groups in total. The highest BCUT2D eigenvalue weighted by Crippen LogP contribution is 2.31. The number of halogens is 3. The first-order valence-electron chi connectivity index (χ1n) is 5.00. The zero-order valence-corrected chi connectivity index (χ0v) is 8.46. The van der Waals surface area contributed by atoms with E-state index in [1.165, 1.54) is 4.68 Å². The zero-order valence-electron chi connectivity index (χ0n) is 8.46. The maximum Gasteiger partial charge on any atom is 0.435 e. The topological polar surface area (TPSA) is 50.1 Å². The Kier molecular flexibility index (Phi) is 2.79. The van der Waals surface area contributed by atoms with Gasteiger partial charge in [0.25, 0.3) is 0 Å². The largest absolute Gasteiger partial charge is 0.435 e. The van der Waals surface area contributed by atoms with E-state index in [4.69, 9.17) is 5.11 Å². The number of hydrogen-bond donors (Lipinski definition) is 2. The van der Waals surface area contributed by atoms with E-state index in [1.54, 1.807) is 0 Å². The number of nitrogens with one attached hydrogen (secondary N) is 1. The Balaban J connectivity index is 2.17. The summed E-state index contributed by atoms with van der Waals surface area (Å²) in [6.45, 7) is 1.03. The highest BCUT2D eigenvalue weighted by atomic mass is 19.4. The lowest BCUT2D eigenvalue weighted by Crippen LogP contribution is -2.28. The van der Waals surface area contributed by atoms with Crippen LogP contribution >= 0.6 is 0 Å². The van der Waals surface area contributed by atoms with Gasteiger partial charge < -0.3 is 10.4 Å². The maximum absolute atomic E-state index is 12.4. The Bertz CT molecular complexity index is 375. The molecule has 4 nitrogen and oxygen atoms in total. The molecule has 0 amide bonds. The van der Waals surface area contributed by atoms with Crippen LogP contribution in [0.4, 0.5) is 19.0 Å². The molecule has 0 saturated heterocycles. The Morgan fingerprint density at radius 1 is 1.56 bits per heavy atom. The van der Waals surface area contributed by atoms with Gasteiger partial charge in [-0.1, -0.05) is 0 Å². The first kappa shape index (κ1) is 11.3. The third-order valence-corrected chi connectivity index (χ3v) is 2.61. The summed E-state index contributed by atoms with van der Waals surface area (Å²) in [5, 5.41) is 15.1. The van der Waals surface area contributed by atoms with Gasteiger partial charge in [0.1, 0.15) is 5.82 Å². The van der Waals surface area contributed by atoms with Crippen LogP contribution in [0.25, 0.3) is 0 Å². The number of alkyl halides is 3. The molecule has 1 unspecified atom stereocenters. The van der Waals surface area contributed by atoms with Crippen molar-refractivity contribution in [3.05, 3.63) is 11.8 Å². The zero-order chi connectivity index (χ0) is 11.8. The standard InChI is InChI=1S/C9H12F3N3O/c10-9(11,12)7-3-8-13-4-6(1-2-16)5-15(8)14-7/h3,6,13,16H,1-2,4-5H2. The molecule has 0 fully saturated rings. The van der Waals surface area contributed by atoms with Gasteiger partial charge in [-0.2, -0.15) is 18.3 Å². The van der Waals surface area contributed by atoms with Crippen LogP contribution in [0.1, 0.15) is 12.1 Å². The maximum atomic E-state index is 12.4. The summed E-state index contributed by atoms with van der Waals surface area (Å²) in [7, 11) is 0. The van der Waals surface area contributed by atoms with Crippen molar-refractivity contribution < 1.29 is 18.3 Å². The van der Waals surface area contributed by atoms with E-state index < -0.39 is 11.9 Å². The summed E-state index contributed by atoms with van der Waals surface area (Å²) >= 11 is 0. The number of aliphatic hydroxyl groups excluding tert-OH is 1. The minimum Gasteiger partial charge on any atom is -0.396 e. The molecule has 1 aromatic rings. The van der Waals surface area contributed by atoms with Gasteiger partial charge in [-0.05, 0) is 12.3 Å². The highest BCUT2D eigenvalue weighted by Gasteiger charge is 2.35. The van der Waals surface area contributed by atoms with Crippen molar-refractivity contribution in [2.45, 2.75) is 19.1 Å². The third kappa shape index (κ3) is 2.13. The van der Waals surface area contributed by atoms with Gasteiger partial charge in [0.15, 0.2) is 5.69 Å². The molecule has 1 atom stereocenters. The summed E-state index contributed by atoms with van der Waals surface area (Å²) in [6.07, 6.45) is -3.84. The predicted molar refractivity (Wildman–Crippen MR) is 50.9 cm³/mol. The van der Waals surface area contributed by atoms with Crippen molar-refractivity contribution in [3.8, 4) is 0 Å². The van der Waals surface area contributed by atoms with E-state index in [1.807, 2.05) is 0 Å². The van der Waals surface area contributed by atoms with Gasteiger partial charge in [-0.3, -0.25) is 0 Å². The molecule has 0 spiro atoms. The molecular weight excluding hydrogens is 223 g/mol. The van der Waals surface area contributed by atoms with Crippen molar-refractivity contribution in [1.82, 2.24) is 9.78 Å². The van der Waals surface area contributed by atoms with Crippen LogP contribution in [0.5, 0.6) is 0 Å². The summed E-state index contributed by atoms with van der Waals surface area (Å²) in [4.78, 5) is 0. The van der Waals surface area contributed by atoms with E-state index in [9.17, 15) is 13.2 Å². The van der Waals surface area contributed by atoms with Gasteiger partial charge in [0, 0.05) is 25.8 Å². The van der Waals surface area contributed by atoms with E-state index in [-0.39, 0.29) is 12.5 Å². The number of aliphatic hydroxyl groups is 1. The molecule has 0 bridgehead atoms. The fourth-order valence-corrected chi connectivity index (χ4v) is 1.77. The highest BCUT2D eigenvalue weighted by molar-refractivity contribution is 5.39. The predicted octanol–water partition coefficient (Wildman–Crippen LogP) is 1.33. The molecule has 0 radical (unpaired) electrons. The molecule has 90 valence electrons. The third-order valence-electron chi connectivity index (χ3n) is 2.61. The smallest absolute Gasteiger partial charge is 0.396 e. The van der Waals surface area contributed by atoms with Crippen molar-refractivity contribution >= 4 is 5.82 Å². The molecule has 2 rings (SSSR count). The Labute approximate surface area is 90.1 Å². The molecule has 1 aliphatic heterocycles. The van der Waals surface area contributed by atoms with E-state index >= 15 is 0 Å². The molecule has 0 saturated carbocycles. The van der Waals surface area contributed by atoms with Gasteiger partial charge in [0.05, 0.1) is 0 Å². The minimum atomic E-state index is -4.40. The van der Waals surface area contributed by atoms with Gasteiger partial charge >= 0.3 is 6.18 Å². The van der Waals surface area contributed by atoms with Gasteiger partial charge in [0.2, 0.25) is 0 Å². The summed E-state index contributed by atoms with van der Waals surface area (Å²) < 4.78 is 38.4. The van der Waals surface area contributed by atoms with Crippen LogP contribution in [-0.4, -0.2) is 28.0 Å². The molecule has 16 heavy (non-hydrogen) atoms. The lowest BCUT2D eigenvalue weighted by Gasteiger charge is -2.23. The fraction of sp³-hybridized carbons (Fsp3) is 0.667. The second-order valence-corrected chi connectivity index (χ2v) is 3.85. The van der Waals surface area contributed by atoms with Gasteiger partial charge in [-0.25, -0.2) is 4.68 Å². The number of hydrogen-bond acceptors (Lipinski definition) is 3. The van der Waals surface area contributed by atoms with E-state index in [0.29, 0.717) is 25.3 Å². The monoisotopic (exact) mass is 235 g/mol. The van der Waals surface area contributed by atoms with E-state index in [2.05, 4.69) is 10.4 Å². The number of nitrogens with zero attached hydrogens (tertiary/aromatic N) is 2. The van der Waals surface area contributed by atoms with Crippen LogP contribution in [0.15, 0.2) is 6.07 Å². The summed E-state index contributed by atoms with van der Waals surface area (Å²) in [5.41, 5.74) is -0.875. The van der Waals surface area contributed by atoms with Crippen molar-refractivity contribution in [3.63, 3.8) is 0 Å². The molecule has 2 heterocycles. The van der Waals surface area contributed by atoms with Crippen molar-refractivity contribution in [2.24, 2.45) is 5.92 Å². The Hall–Kier alpha value is -1.24. The van der Waals surface area contributed by atoms with Crippen LogP contribution in [-0.2, 0) is 12.7 Å². The molecule has 1 aromatic heterocycles. The Morgan fingerprint density at radius 2 is 2.31 bits per heavy atom. The fourth-order valence-electron chi connectivity index (χ4n) is 1.77. The van der Waals surface area contributed by atoms with Crippen LogP contribution in [0.3, 0.4) is 0 Å². The SMILES string of the molecule is OCCC1CNc2cc(C(F)(F)F)nn2C1. The molecule has 1 aliphatic rings. The number of aromatic nitrogens is 2. The molecule has 0 aromatic carbocycles. The average molecular weight is 235 g/mol. The lowest BCUT2D eigenvalue weighted by molar-refractivity contribution is -0.141. The average Bonchev–Trinajstić information content (AvgIpc) is 2.60. The molecular formula is C9H12F3N3O. The Morgan fingerprint density at radius 3 is 2.94 bits per heavy atom. The first-order valence-corrected chi connectivity index (χ1v) is 5.00. The molecule has 7 heteroatoms. The van der Waals surface area contributed by atoms with Crippen molar-refractivity contribution in [2.75, 3.05) is 18.5 Å². The number of rotatable bonds is 2. The van der Waals surface area contributed by atoms with Crippen LogP contribution in [0.2, 0.25) is 0 Å². The van der Waals surface area contributed by atoms with Gasteiger partial charge in [-0.15, -0.1) is 0 Å². The van der Waals surface area contributed by atoms with Crippen LogP contribution in [0, 0.1) is 5.92 Å². The van der Waals surface area contributed by atoms with Crippen molar-refractivity contribution in [1.29, 1.82) is 0 Å². The quantitative estimate of drug-likeness (QED) is 0.813. The molecule has 0 aliphatic carbocycles.